The van der Waals surface area contributed by atoms with Gasteiger partial charge in [-0.25, -0.2) is 17.5 Å². The fourth-order valence-electron chi connectivity index (χ4n) is 1.50. The summed E-state index contributed by atoms with van der Waals surface area (Å²) in [5.41, 5.74) is 5.03. The first kappa shape index (κ1) is 14.7. The van der Waals surface area contributed by atoms with Crippen LogP contribution in [0.2, 0.25) is 5.02 Å². The summed E-state index contributed by atoms with van der Waals surface area (Å²) in [6.45, 7) is 0.286. The van der Waals surface area contributed by atoms with Gasteiger partial charge >= 0.3 is 0 Å². The summed E-state index contributed by atoms with van der Waals surface area (Å²) in [5.74, 6) is -1.03. The Kier molecular flexibility index (Phi) is 4.21. The van der Waals surface area contributed by atoms with Crippen molar-refractivity contribution in [3.63, 3.8) is 0 Å². The number of nitrogens with zero attached hydrogens (tertiary/aromatic N) is 3. The monoisotopic (exact) mass is 319 g/mol. The Hall–Kier alpha value is -1.71. The van der Waals surface area contributed by atoms with E-state index in [2.05, 4.69) is 15.0 Å². The molecule has 3 N–H and O–H groups in total. The van der Waals surface area contributed by atoms with Gasteiger partial charge in [-0.1, -0.05) is 16.8 Å². The van der Waals surface area contributed by atoms with E-state index in [1.807, 2.05) is 0 Å². The number of nitrogen functional groups attached to an aromatic ring is 1. The maximum absolute atomic E-state index is 13.7. The van der Waals surface area contributed by atoms with Gasteiger partial charge in [0.05, 0.1) is 18.4 Å². The highest BCUT2D eigenvalue weighted by molar-refractivity contribution is 7.89. The Labute approximate surface area is 119 Å². The number of halogens is 2. The van der Waals surface area contributed by atoms with Crippen LogP contribution in [0.15, 0.2) is 29.4 Å². The van der Waals surface area contributed by atoms with Crippen molar-refractivity contribution in [3.05, 3.63) is 35.4 Å². The van der Waals surface area contributed by atoms with Crippen LogP contribution in [0.25, 0.3) is 0 Å². The lowest BCUT2D eigenvalue weighted by Gasteiger charge is -2.09. The number of sulfonamides is 1. The summed E-state index contributed by atoms with van der Waals surface area (Å²) >= 11 is 5.68. The average molecular weight is 320 g/mol. The predicted molar refractivity (Wildman–Crippen MR) is 71.0 cm³/mol. The Morgan fingerprint density at radius 2 is 2.20 bits per heavy atom. The Morgan fingerprint density at radius 1 is 1.45 bits per heavy atom. The molecule has 0 radical (unpaired) electrons. The number of nitrogens with one attached hydrogen (secondary N) is 1. The van der Waals surface area contributed by atoms with Crippen molar-refractivity contribution in [2.75, 3.05) is 12.3 Å². The summed E-state index contributed by atoms with van der Waals surface area (Å²) in [5, 5.41) is 7.29. The number of aromatic nitrogens is 3. The molecule has 0 amide bonds. The average Bonchev–Trinajstić information content (AvgIpc) is 2.86. The van der Waals surface area contributed by atoms with E-state index in [4.69, 9.17) is 17.3 Å². The molecule has 2 rings (SSSR count). The quantitative estimate of drug-likeness (QED) is 0.787. The van der Waals surface area contributed by atoms with Crippen LogP contribution in [0.1, 0.15) is 0 Å². The zero-order valence-corrected chi connectivity index (χ0v) is 11.7. The fourth-order valence-corrected chi connectivity index (χ4v) is 2.95. The lowest BCUT2D eigenvalue weighted by atomic mass is 10.3. The van der Waals surface area contributed by atoms with Gasteiger partial charge in [0.25, 0.3) is 0 Å². The van der Waals surface area contributed by atoms with Gasteiger partial charge < -0.3 is 5.73 Å². The van der Waals surface area contributed by atoms with Crippen LogP contribution in [0, 0.1) is 5.82 Å². The Bertz CT molecular complexity index is 705. The molecule has 0 saturated carbocycles. The molecule has 1 aromatic carbocycles. The maximum Gasteiger partial charge on any atom is 0.243 e. The van der Waals surface area contributed by atoms with Gasteiger partial charge in [-0.2, -0.15) is 0 Å². The second-order valence-corrected chi connectivity index (χ2v) is 6.04. The third-order valence-electron chi connectivity index (χ3n) is 2.43. The Balaban J connectivity index is 2.14. The van der Waals surface area contributed by atoms with Crippen LogP contribution in [0.4, 0.5) is 10.1 Å². The molecule has 108 valence electrons. The van der Waals surface area contributed by atoms with Gasteiger partial charge in [0.2, 0.25) is 10.0 Å². The minimum Gasteiger partial charge on any atom is -0.396 e. The van der Waals surface area contributed by atoms with Crippen molar-refractivity contribution < 1.29 is 12.8 Å². The van der Waals surface area contributed by atoms with Gasteiger partial charge in [-0.3, -0.25) is 4.68 Å². The highest BCUT2D eigenvalue weighted by atomic mass is 35.5. The standard InChI is InChI=1S/C10H11ClFN5O2S/c11-7-5-8(13)10(12)9(6-7)20(18,19)15-2-4-17-3-1-14-16-17/h1,3,5-6,15H,2,4,13H2. The molecule has 1 heterocycles. The maximum atomic E-state index is 13.7. The molecular weight excluding hydrogens is 309 g/mol. The summed E-state index contributed by atoms with van der Waals surface area (Å²) < 4.78 is 41.4. The van der Waals surface area contributed by atoms with E-state index in [1.165, 1.54) is 10.9 Å². The second-order valence-electron chi connectivity index (χ2n) is 3.87. The Morgan fingerprint density at radius 3 is 2.85 bits per heavy atom. The number of hydrogen-bond acceptors (Lipinski definition) is 5. The molecule has 2 aromatic rings. The molecule has 0 bridgehead atoms. The second kappa shape index (κ2) is 5.73. The first-order valence-electron chi connectivity index (χ1n) is 5.48. The smallest absolute Gasteiger partial charge is 0.243 e. The minimum absolute atomic E-state index is 0.0253. The lowest BCUT2D eigenvalue weighted by Crippen LogP contribution is -2.28. The van der Waals surface area contributed by atoms with E-state index >= 15 is 0 Å². The van der Waals surface area contributed by atoms with Crippen LogP contribution in [0.5, 0.6) is 0 Å². The SMILES string of the molecule is Nc1cc(Cl)cc(S(=O)(=O)NCCn2ccnn2)c1F. The highest BCUT2D eigenvalue weighted by Gasteiger charge is 2.21. The third-order valence-corrected chi connectivity index (χ3v) is 4.11. The number of rotatable bonds is 5. The normalized spacial score (nSPS) is 11.7. The van der Waals surface area contributed by atoms with Gasteiger partial charge in [0.1, 0.15) is 4.90 Å². The van der Waals surface area contributed by atoms with Crippen LogP contribution >= 0.6 is 11.6 Å². The highest BCUT2D eigenvalue weighted by Crippen LogP contribution is 2.24. The van der Waals surface area contributed by atoms with Gasteiger partial charge in [0.15, 0.2) is 5.82 Å². The number of benzene rings is 1. The fraction of sp³-hybridized carbons (Fsp3) is 0.200. The third kappa shape index (κ3) is 3.24. The molecule has 0 atom stereocenters. The molecule has 0 saturated heterocycles. The molecule has 0 unspecified atom stereocenters. The number of hydrogen-bond donors (Lipinski definition) is 2. The van der Waals surface area contributed by atoms with Crippen LogP contribution in [0.3, 0.4) is 0 Å². The van der Waals surface area contributed by atoms with Gasteiger partial charge in [0, 0.05) is 17.8 Å². The van der Waals surface area contributed by atoms with Crippen molar-refractivity contribution in [1.82, 2.24) is 19.7 Å². The van der Waals surface area contributed by atoms with Crippen LogP contribution in [-0.4, -0.2) is 30.0 Å². The van der Waals surface area contributed by atoms with E-state index in [-0.39, 0.29) is 23.8 Å². The van der Waals surface area contributed by atoms with Crippen molar-refractivity contribution in [1.29, 1.82) is 0 Å². The zero-order chi connectivity index (χ0) is 14.8. The molecule has 0 aliphatic heterocycles. The summed E-state index contributed by atoms with van der Waals surface area (Å²) in [4.78, 5) is -0.582. The van der Waals surface area contributed by atoms with Crippen LogP contribution < -0.4 is 10.5 Å². The molecule has 7 nitrogen and oxygen atoms in total. The molecule has 10 heteroatoms. The van der Waals surface area contributed by atoms with E-state index in [0.717, 1.165) is 12.1 Å². The molecule has 20 heavy (non-hydrogen) atoms. The first-order chi connectivity index (χ1) is 9.40. The van der Waals surface area contributed by atoms with Gasteiger partial charge in [-0.05, 0) is 12.1 Å². The van der Waals surface area contributed by atoms with E-state index in [0.29, 0.717) is 0 Å². The van der Waals surface area contributed by atoms with Crippen LogP contribution in [-0.2, 0) is 16.6 Å². The van der Waals surface area contributed by atoms with Crippen molar-refractivity contribution in [2.24, 2.45) is 0 Å². The molecular formula is C10H11ClFN5O2S. The topological polar surface area (TPSA) is 103 Å². The summed E-state index contributed by atoms with van der Waals surface area (Å²) in [6.07, 6.45) is 3.04. The lowest BCUT2D eigenvalue weighted by molar-refractivity contribution is 0.541. The molecule has 0 fully saturated rings. The van der Waals surface area contributed by atoms with E-state index in [1.54, 1.807) is 6.20 Å². The molecule has 1 aromatic heterocycles. The minimum atomic E-state index is -4.04. The van der Waals surface area contributed by atoms with Crippen molar-refractivity contribution in [2.45, 2.75) is 11.4 Å². The van der Waals surface area contributed by atoms with Gasteiger partial charge in [-0.15, -0.1) is 5.10 Å². The molecule has 0 aliphatic carbocycles. The van der Waals surface area contributed by atoms with Crippen molar-refractivity contribution in [3.8, 4) is 0 Å². The number of nitrogens with two attached hydrogens (primary N) is 1. The zero-order valence-electron chi connectivity index (χ0n) is 10.1. The predicted octanol–water partition coefficient (Wildman–Crippen LogP) is 0.631. The van der Waals surface area contributed by atoms with Crippen molar-refractivity contribution >= 4 is 27.3 Å². The van der Waals surface area contributed by atoms with E-state index in [9.17, 15) is 12.8 Å². The van der Waals surface area contributed by atoms with E-state index < -0.39 is 20.7 Å². The summed E-state index contributed by atoms with van der Waals surface area (Å²) in [6, 6.07) is 2.15. The molecule has 0 aliphatic rings. The largest absolute Gasteiger partial charge is 0.396 e. The first-order valence-corrected chi connectivity index (χ1v) is 7.34. The molecule has 0 spiro atoms. The summed E-state index contributed by atoms with van der Waals surface area (Å²) in [7, 11) is -4.04. The number of anilines is 1.